The highest BCUT2D eigenvalue weighted by atomic mass is 16.7. The molecule has 2 heterocycles. The van der Waals surface area contributed by atoms with E-state index in [1.807, 2.05) is 26.8 Å². The van der Waals surface area contributed by atoms with Gasteiger partial charge in [0.15, 0.2) is 0 Å². The highest BCUT2D eigenvalue weighted by Gasteiger charge is 2.47. The SMILES string of the molecule is CC1C(C(=O)OC(C)(C)C)C(CON2C(C)(C)CCCC2(C)C)CN1Cc1ccccc1. The lowest BCUT2D eigenvalue weighted by molar-refractivity contribution is -0.287. The summed E-state index contributed by atoms with van der Waals surface area (Å²) in [7, 11) is 0. The average molecular weight is 445 g/mol. The maximum Gasteiger partial charge on any atom is 0.311 e. The molecule has 0 aromatic heterocycles. The Balaban J connectivity index is 1.77. The normalized spacial score (nSPS) is 28.6. The summed E-state index contributed by atoms with van der Waals surface area (Å²) >= 11 is 0. The number of esters is 1. The number of ether oxygens (including phenoxy) is 1. The number of hydroxylamine groups is 2. The number of carbonyl (C=O) groups is 1. The van der Waals surface area contributed by atoms with Crippen molar-refractivity contribution in [2.45, 2.75) is 104 Å². The van der Waals surface area contributed by atoms with Gasteiger partial charge in [0.2, 0.25) is 0 Å². The molecule has 2 fully saturated rings. The molecule has 5 heteroatoms. The quantitative estimate of drug-likeness (QED) is 0.547. The number of likely N-dealkylation sites (tertiary alicyclic amines) is 1. The van der Waals surface area contributed by atoms with E-state index in [-0.39, 0.29) is 34.9 Å². The van der Waals surface area contributed by atoms with Gasteiger partial charge in [0, 0.05) is 36.1 Å². The Morgan fingerprint density at radius 1 is 1.06 bits per heavy atom. The van der Waals surface area contributed by atoms with E-state index < -0.39 is 5.60 Å². The molecule has 0 bridgehead atoms. The number of benzene rings is 1. The molecule has 1 aromatic rings. The molecule has 3 rings (SSSR count). The molecule has 1 aromatic carbocycles. The third-order valence-electron chi connectivity index (χ3n) is 7.07. The van der Waals surface area contributed by atoms with Crippen molar-refractivity contribution in [1.29, 1.82) is 0 Å². The molecule has 0 spiro atoms. The van der Waals surface area contributed by atoms with Gasteiger partial charge in [0.25, 0.3) is 0 Å². The van der Waals surface area contributed by atoms with Crippen LogP contribution in [0, 0.1) is 11.8 Å². The largest absolute Gasteiger partial charge is 0.460 e. The van der Waals surface area contributed by atoms with E-state index in [1.54, 1.807) is 0 Å². The van der Waals surface area contributed by atoms with Crippen molar-refractivity contribution >= 4 is 5.97 Å². The van der Waals surface area contributed by atoms with Crippen LogP contribution in [0.2, 0.25) is 0 Å². The van der Waals surface area contributed by atoms with Crippen LogP contribution < -0.4 is 0 Å². The van der Waals surface area contributed by atoms with Crippen LogP contribution in [0.25, 0.3) is 0 Å². The standard InChI is InChI=1S/C27H44N2O3/c1-20-23(24(30)32-25(2,3)4)22(18-28(20)17-21-13-10-9-11-14-21)19-31-29-26(5,6)15-12-16-27(29,7)8/h9-11,13-14,20,22-23H,12,15-19H2,1-8H3. The Kier molecular flexibility index (Phi) is 7.43. The molecule has 5 nitrogen and oxygen atoms in total. The molecule has 2 aliphatic heterocycles. The lowest BCUT2D eigenvalue weighted by atomic mass is 9.82. The van der Waals surface area contributed by atoms with Gasteiger partial charge in [-0.05, 0) is 80.2 Å². The van der Waals surface area contributed by atoms with E-state index >= 15 is 0 Å². The minimum atomic E-state index is -0.494. The van der Waals surface area contributed by atoms with Crippen molar-refractivity contribution < 1.29 is 14.4 Å². The molecule has 2 saturated heterocycles. The second kappa shape index (κ2) is 9.44. The Morgan fingerprint density at radius 3 is 2.22 bits per heavy atom. The maximum absolute atomic E-state index is 13.3. The van der Waals surface area contributed by atoms with Gasteiger partial charge in [-0.2, -0.15) is 5.06 Å². The van der Waals surface area contributed by atoms with E-state index in [0.29, 0.717) is 6.61 Å². The van der Waals surface area contributed by atoms with Gasteiger partial charge in [-0.3, -0.25) is 14.5 Å². The zero-order valence-corrected chi connectivity index (χ0v) is 21.5. The fraction of sp³-hybridized carbons (Fsp3) is 0.741. The molecule has 3 unspecified atom stereocenters. The number of hydrogen-bond donors (Lipinski definition) is 0. The van der Waals surface area contributed by atoms with Gasteiger partial charge in [-0.1, -0.05) is 30.3 Å². The first kappa shape index (κ1) is 25.2. The van der Waals surface area contributed by atoms with Crippen LogP contribution in [0.1, 0.15) is 80.2 Å². The molecule has 0 N–H and O–H groups in total. The minimum absolute atomic E-state index is 0.0168. The van der Waals surface area contributed by atoms with Gasteiger partial charge < -0.3 is 4.74 Å². The predicted molar refractivity (Wildman–Crippen MR) is 129 cm³/mol. The minimum Gasteiger partial charge on any atom is -0.460 e. The van der Waals surface area contributed by atoms with Crippen molar-refractivity contribution in [2.75, 3.05) is 13.2 Å². The lowest BCUT2D eigenvalue weighted by Crippen LogP contribution is -2.58. The number of rotatable bonds is 6. The molecule has 0 saturated carbocycles. The smallest absolute Gasteiger partial charge is 0.311 e. The topological polar surface area (TPSA) is 42.0 Å². The van der Waals surface area contributed by atoms with Crippen LogP contribution in [0.4, 0.5) is 0 Å². The van der Waals surface area contributed by atoms with E-state index in [9.17, 15) is 4.79 Å². The second-order valence-corrected chi connectivity index (χ2v) is 12.0. The summed E-state index contributed by atoms with van der Waals surface area (Å²) in [6, 6.07) is 10.6. The third kappa shape index (κ3) is 5.92. The molecule has 0 amide bonds. The first-order valence-corrected chi connectivity index (χ1v) is 12.2. The maximum atomic E-state index is 13.3. The average Bonchev–Trinajstić information content (AvgIpc) is 2.95. The van der Waals surface area contributed by atoms with E-state index in [2.05, 4.69) is 68.8 Å². The number of piperidine rings is 1. The van der Waals surface area contributed by atoms with Crippen LogP contribution in [0.3, 0.4) is 0 Å². The monoisotopic (exact) mass is 444 g/mol. The number of hydrogen-bond acceptors (Lipinski definition) is 5. The molecular formula is C27H44N2O3. The van der Waals surface area contributed by atoms with Crippen molar-refractivity contribution in [2.24, 2.45) is 11.8 Å². The fourth-order valence-electron chi connectivity index (χ4n) is 5.64. The molecule has 180 valence electrons. The van der Waals surface area contributed by atoms with E-state index in [0.717, 1.165) is 25.9 Å². The van der Waals surface area contributed by atoms with Gasteiger partial charge in [0.1, 0.15) is 5.60 Å². The summed E-state index contributed by atoms with van der Waals surface area (Å²) in [4.78, 5) is 22.2. The first-order chi connectivity index (χ1) is 14.8. The molecule has 0 aliphatic carbocycles. The van der Waals surface area contributed by atoms with Crippen LogP contribution >= 0.6 is 0 Å². The van der Waals surface area contributed by atoms with E-state index in [4.69, 9.17) is 9.57 Å². The van der Waals surface area contributed by atoms with Crippen molar-refractivity contribution in [3.63, 3.8) is 0 Å². The van der Waals surface area contributed by atoms with Crippen LogP contribution in [-0.2, 0) is 20.9 Å². The molecule has 3 atom stereocenters. The highest BCUT2D eigenvalue weighted by Crippen LogP contribution is 2.40. The van der Waals surface area contributed by atoms with Crippen LogP contribution in [0.5, 0.6) is 0 Å². The summed E-state index contributed by atoms with van der Waals surface area (Å²) in [5, 5.41) is 2.21. The van der Waals surface area contributed by atoms with Gasteiger partial charge >= 0.3 is 5.97 Å². The Hall–Kier alpha value is -1.43. The Bertz CT molecular complexity index is 753. The summed E-state index contributed by atoms with van der Waals surface area (Å²) in [5.41, 5.74) is 0.738. The lowest BCUT2D eigenvalue weighted by Gasteiger charge is -2.51. The molecule has 2 aliphatic rings. The fourth-order valence-corrected chi connectivity index (χ4v) is 5.64. The predicted octanol–water partition coefficient (Wildman–Crippen LogP) is 5.44. The Labute approximate surface area is 195 Å². The molecular weight excluding hydrogens is 400 g/mol. The van der Waals surface area contributed by atoms with E-state index in [1.165, 1.54) is 12.0 Å². The van der Waals surface area contributed by atoms with Crippen molar-refractivity contribution in [3.8, 4) is 0 Å². The molecule has 32 heavy (non-hydrogen) atoms. The second-order valence-electron chi connectivity index (χ2n) is 12.0. The summed E-state index contributed by atoms with van der Waals surface area (Å²) in [6.45, 7) is 19.2. The van der Waals surface area contributed by atoms with Gasteiger partial charge in [0.05, 0.1) is 12.5 Å². The summed E-state index contributed by atoms with van der Waals surface area (Å²) < 4.78 is 5.86. The first-order valence-electron chi connectivity index (χ1n) is 12.2. The number of carbonyl (C=O) groups excluding carboxylic acids is 1. The van der Waals surface area contributed by atoms with Crippen molar-refractivity contribution in [3.05, 3.63) is 35.9 Å². The van der Waals surface area contributed by atoms with Crippen LogP contribution in [0.15, 0.2) is 30.3 Å². The van der Waals surface area contributed by atoms with Gasteiger partial charge in [-0.25, -0.2) is 0 Å². The Morgan fingerprint density at radius 2 is 1.66 bits per heavy atom. The summed E-state index contributed by atoms with van der Waals surface area (Å²) in [5.74, 6) is -0.211. The van der Waals surface area contributed by atoms with Crippen molar-refractivity contribution in [1.82, 2.24) is 9.96 Å². The van der Waals surface area contributed by atoms with Gasteiger partial charge in [-0.15, -0.1) is 0 Å². The summed E-state index contributed by atoms with van der Waals surface area (Å²) in [6.07, 6.45) is 3.45. The molecule has 0 radical (unpaired) electrons. The zero-order valence-electron chi connectivity index (χ0n) is 21.5. The zero-order chi connectivity index (χ0) is 23.7. The van der Waals surface area contributed by atoms with Crippen LogP contribution in [-0.4, -0.2) is 51.8 Å². The third-order valence-corrected chi connectivity index (χ3v) is 7.07. The number of nitrogens with zero attached hydrogens (tertiary/aromatic N) is 2. The highest BCUT2D eigenvalue weighted by molar-refractivity contribution is 5.74.